The van der Waals surface area contributed by atoms with E-state index in [0.717, 1.165) is 7.11 Å². The molecule has 4 rings (SSSR count). The molecule has 30 nitrogen and oxygen atoms in total. The van der Waals surface area contributed by atoms with E-state index in [-0.39, 0.29) is 67.0 Å². The number of methoxy groups -OCH3 is 1. The third-order valence-corrected chi connectivity index (χ3v) is 10.9. The zero-order valence-electron chi connectivity index (χ0n) is 40.8. The van der Waals surface area contributed by atoms with E-state index < -0.39 is 121 Å². The van der Waals surface area contributed by atoms with Crippen molar-refractivity contribution >= 4 is 87.8 Å². The number of aromatic hydroxyl groups is 1. The number of aliphatic carboxylic acids is 3. The number of carboxylic acid groups (broad SMARTS) is 3. The van der Waals surface area contributed by atoms with Crippen LogP contribution >= 0.6 is 0 Å². The fraction of sp³-hybridized carbons (Fsp3) is 0.391. The summed E-state index contributed by atoms with van der Waals surface area (Å²) < 4.78 is 4.78. The second kappa shape index (κ2) is 29.1. The number of benzene rings is 2. The molecule has 404 valence electrons. The van der Waals surface area contributed by atoms with Crippen LogP contribution in [0, 0.1) is 0 Å². The summed E-state index contributed by atoms with van der Waals surface area (Å²) >= 11 is 0. The molecule has 6 amide bonds. The van der Waals surface area contributed by atoms with Crippen molar-refractivity contribution in [1.82, 2.24) is 51.8 Å². The molecule has 0 aliphatic carbocycles. The van der Waals surface area contributed by atoms with Gasteiger partial charge in [-0.1, -0.05) is 17.2 Å². The Hall–Kier alpha value is -9.73. The van der Waals surface area contributed by atoms with E-state index in [4.69, 9.17) is 16.0 Å². The summed E-state index contributed by atoms with van der Waals surface area (Å²) in [7, 11) is 1.03. The molecule has 5 atom stereocenters. The number of anilines is 2. The van der Waals surface area contributed by atoms with Crippen LogP contribution in [-0.4, -0.2) is 144 Å². The largest absolute Gasteiger partial charge is 0.492 e. The maximum atomic E-state index is 13.6. The van der Waals surface area contributed by atoms with Gasteiger partial charge in [0.15, 0.2) is 11.2 Å². The molecule has 4 aromatic rings. The highest BCUT2D eigenvalue weighted by molar-refractivity contribution is 5.98. The van der Waals surface area contributed by atoms with E-state index in [9.17, 15) is 68.4 Å². The molecule has 13 N–H and O–H groups in total. The number of carbonyl (C=O) groups is 10. The highest BCUT2D eigenvalue weighted by Gasteiger charge is 2.33. The average Bonchev–Trinajstić information content (AvgIpc) is 3.37. The maximum absolute atomic E-state index is 13.6. The van der Waals surface area contributed by atoms with Crippen LogP contribution in [0.3, 0.4) is 0 Å². The standard InChI is InChI=1S/C46H55N15O15/c1-23(52-40(70)25-7-11-26(12-8-25)50-21-28-22-51-38-37(53-28)44(74)59-46(47)58-38)6-16-33(62)54-31(19-35(65)66)42(72)55-29(15-17-34(63)64)41(71)57-32(20-36(67)68)43(73)56-30(45(75)76-2)5-3-4-18-49-39(69)24-9-13-27(14-10-24)60-61-48/h7-14,22-23,29-32,50H,3-6,15-21H2,1-2H3,(H,49,69)(H,52,70)(H,54,62)(H,55,72)(H,56,73)(H,57,71)(H,63,64)(H,65,66)(H,67,68)(H3,47,51,58,59,74)/t23-,29+,30+,31+,32+/m1/s1. The fourth-order valence-electron chi connectivity index (χ4n) is 6.98. The Morgan fingerprint density at radius 2 is 1.29 bits per heavy atom. The van der Waals surface area contributed by atoms with E-state index in [1.54, 1.807) is 19.1 Å². The average molecular weight is 1060 g/mol. The summed E-state index contributed by atoms with van der Waals surface area (Å²) in [4.78, 5) is 146. The van der Waals surface area contributed by atoms with Gasteiger partial charge in [0.25, 0.3) is 11.8 Å². The Morgan fingerprint density at radius 1 is 0.697 bits per heavy atom. The Labute approximate surface area is 431 Å². The second-order valence-corrected chi connectivity index (χ2v) is 16.7. The van der Waals surface area contributed by atoms with E-state index >= 15 is 0 Å². The van der Waals surface area contributed by atoms with Gasteiger partial charge in [-0.2, -0.15) is 9.97 Å². The molecular formula is C46H55N15O15. The summed E-state index contributed by atoms with van der Waals surface area (Å²) in [5.74, 6) is -11.6. The number of nitrogens with zero attached hydrogens (tertiary/aromatic N) is 7. The molecule has 2 aromatic heterocycles. The molecule has 2 heterocycles. The molecule has 0 bridgehead atoms. The lowest BCUT2D eigenvalue weighted by Gasteiger charge is -2.25. The molecule has 2 aromatic carbocycles. The molecule has 0 fully saturated rings. The SMILES string of the molecule is COC(=O)[C@H](CCCCNC(=O)c1ccc(N=[N+]=[N-])cc1)NC(=O)[C@H](CC(=O)O)NC(=O)[C@H](CCC(=O)O)NC(=O)[C@H](CC(=O)O)NC(=O)CC[C@@H](C)NC(=O)c1ccc(NCc2cnc3nc(N)nc(O)c3n2)cc1. The van der Waals surface area contributed by atoms with Crippen LogP contribution in [0.25, 0.3) is 21.6 Å². The number of rotatable bonds is 30. The zero-order valence-corrected chi connectivity index (χ0v) is 40.8. The molecule has 0 spiro atoms. The summed E-state index contributed by atoms with van der Waals surface area (Å²) in [6.07, 6.45) is -1.95. The van der Waals surface area contributed by atoms with E-state index in [1.807, 2.05) is 0 Å². The minimum Gasteiger partial charge on any atom is -0.492 e. The number of amides is 6. The first-order chi connectivity index (χ1) is 36.1. The normalized spacial score (nSPS) is 12.7. The van der Waals surface area contributed by atoms with Crippen LogP contribution < -0.4 is 43.0 Å². The maximum Gasteiger partial charge on any atom is 0.328 e. The molecule has 0 aliphatic heterocycles. The molecule has 76 heavy (non-hydrogen) atoms. The van der Waals surface area contributed by atoms with Crippen molar-refractivity contribution in [2.24, 2.45) is 5.11 Å². The number of azide groups is 1. The lowest BCUT2D eigenvalue weighted by molar-refractivity contribution is -0.146. The summed E-state index contributed by atoms with van der Waals surface area (Å²) in [5, 5.41) is 59.4. The number of fused-ring (bicyclic) bond motifs is 1. The van der Waals surface area contributed by atoms with Gasteiger partial charge >= 0.3 is 23.9 Å². The minimum atomic E-state index is -1.92. The summed E-state index contributed by atoms with van der Waals surface area (Å²) in [6, 6.07) is 4.50. The van der Waals surface area contributed by atoms with Gasteiger partial charge in [-0.05, 0) is 81.0 Å². The predicted octanol–water partition coefficient (Wildman–Crippen LogP) is 0.687. The number of aromatic nitrogens is 4. The van der Waals surface area contributed by atoms with Gasteiger partial charge in [0.05, 0.1) is 38.4 Å². The summed E-state index contributed by atoms with van der Waals surface area (Å²) in [6.45, 7) is 1.90. The highest BCUT2D eigenvalue weighted by Crippen LogP contribution is 2.19. The monoisotopic (exact) mass is 1060 g/mol. The number of nitrogens with two attached hydrogens (primary N) is 1. The number of carbonyl (C=O) groups excluding carboxylic acids is 7. The minimum absolute atomic E-state index is 0.00277. The number of nitrogen functional groups attached to an aromatic ring is 1. The third-order valence-electron chi connectivity index (χ3n) is 10.9. The van der Waals surface area contributed by atoms with Gasteiger partial charge in [0.1, 0.15) is 24.2 Å². The van der Waals surface area contributed by atoms with Gasteiger partial charge in [-0.15, -0.1) is 0 Å². The van der Waals surface area contributed by atoms with Crippen LogP contribution in [0.5, 0.6) is 5.88 Å². The second-order valence-electron chi connectivity index (χ2n) is 16.7. The first-order valence-corrected chi connectivity index (χ1v) is 23.2. The Balaban J connectivity index is 1.30. The molecule has 30 heteroatoms. The van der Waals surface area contributed by atoms with Crippen molar-refractivity contribution in [3.8, 4) is 5.88 Å². The Kier molecular flexibility index (Phi) is 22.5. The summed E-state index contributed by atoms with van der Waals surface area (Å²) in [5.41, 5.74) is 16.1. The predicted molar refractivity (Wildman–Crippen MR) is 264 cm³/mol. The Morgan fingerprint density at radius 3 is 1.91 bits per heavy atom. The van der Waals surface area contributed by atoms with Crippen molar-refractivity contribution in [3.63, 3.8) is 0 Å². The number of carboxylic acids is 3. The van der Waals surface area contributed by atoms with Crippen molar-refractivity contribution in [1.29, 1.82) is 0 Å². The molecule has 0 unspecified atom stereocenters. The molecule has 0 aliphatic rings. The van der Waals surface area contributed by atoms with Crippen LogP contribution in [0.2, 0.25) is 0 Å². The fourth-order valence-corrected chi connectivity index (χ4v) is 6.98. The molecule has 0 radical (unpaired) electrons. The number of ether oxygens (including phenoxy) is 1. The van der Waals surface area contributed by atoms with E-state index in [0.29, 0.717) is 23.5 Å². The first kappa shape index (κ1) is 58.8. The highest BCUT2D eigenvalue weighted by atomic mass is 16.5. The molecule has 0 saturated carbocycles. The van der Waals surface area contributed by atoms with E-state index in [2.05, 4.69) is 67.2 Å². The van der Waals surface area contributed by atoms with Crippen molar-refractivity contribution in [2.45, 2.75) is 101 Å². The van der Waals surface area contributed by atoms with Gasteiger partial charge in [-0.3, -0.25) is 43.2 Å². The molecular weight excluding hydrogens is 1000 g/mol. The van der Waals surface area contributed by atoms with Crippen molar-refractivity contribution in [2.75, 3.05) is 24.7 Å². The van der Waals surface area contributed by atoms with Crippen LogP contribution in [0.1, 0.15) is 91.1 Å². The first-order valence-electron chi connectivity index (χ1n) is 23.2. The quantitative estimate of drug-likeness (QED) is 0.0112. The van der Waals surface area contributed by atoms with Gasteiger partial charge in [0.2, 0.25) is 35.5 Å². The van der Waals surface area contributed by atoms with Gasteiger partial charge in [-0.25, -0.2) is 14.8 Å². The van der Waals surface area contributed by atoms with Gasteiger partial charge < -0.3 is 68.1 Å². The number of esters is 1. The number of hydrogen-bond acceptors (Lipinski definition) is 19. The topological polar surface area (TPSA) is 471 Å². The number of unbranched alkanes of at least 4 members (excludes halogenated alkanes) is 1. The van der Waals surface area contributed by atoms with Crippen LogP contribution in [-0.2, 0) is 49.6 Å². The van der Waals surface area contributed by atoms with Crippen molar-refractivity contribution < 1.29 is 73.1 Å². The van der Waals surface area contributed by atoms with Crippen molar-refractivity contribution in [3.05, 3.63) is 82.0 Å². The smallest absolute Gasteiger partial charge is 0.328 e. The zero-order chi connectivity index (χ0) is 55.9. The number of nitrogens with one attached hydrogen (secondary N) is 7. The molecule has 0 saturated heterocycles. The van der Waals surface area contributed by atoms with Crippen LogP contribution in [0.4, 0.5) is 17.3 Å². The lowest BCUT2D eigenvalue weighted by atomic mass is 10.1. The van der Waals surface area contributed by atoms with E-state index in [1.165, 1.54) is 42.6 Å². The van der Waals surface area contributed by atoms with Gasteiger partial charge in [0, 0.05) is 52.8 Å². The lowest BCUT2D eigenvalue weighted by Crippen LogP contribution is -2.58. The van der Waals surface area contributed by atoms with Crippen LogP contribution in [0.15, 0.2) is 59.8 Å². The third kappa shape index (κ3) is 19.4. The number of hydrogen-bond donors (Lipinski definition) is 12. The Bertz CT molecular complexity index is 2830.